The van der Waals surface area contributed by atoms with Crippen LogP contribution in [0, 0.1) is 0 Å². The zero-order valence-electron chi connectivity index (χ0n) is 9.06. The van der Waals surface area contributed by atoms with Crippen molar-refractivity contribution in [1.82, 2.24) is 15.1 Å². The van der Waals surface area contributed by atoms with Crippen LogP contribution in [0.3, 0.4) is 0 Å². The van der Waals surface area contributed by atoms with Crippen LogP contribution in [0.1, 0.15) is 11.4 Å². The molecular weight excluding hydrogens is 212 g/mol. The minimum atomic E-state index is 0.390. The number of likely N-dealkylation sites (tertiary alicyclic amines) is 1. The molecule has 5 nitrogen and oxygen atoms in total. The smallest absolute Gasteiger partial charge is 0.205 e. The predicted octanol–water partition coefficient (Wildman–Crippen LogP) is 0.800. The normalized spacial score (nSPS) is 22.1. The number of rotatable bonds is 4. The summed E-state index contributed by atoms with van der Waals surface area (Å²) in [6, 6.07) is 0. The molecule has 0 spiro atoms. The number of nitrogens with one attached hydrogen (secondary N) is 1. The number of aromatic nitrogens is 2. The van der Waals surface area contributed by atoms with E-state index in [0.29, 0.717) is 6.10 Å². The molecule has 0 aliphatic carbocycles. The van der Waals surface area contributed by atoms with Crippen molar-refractivity contribution in [3.05, 3.63) is 5.01 Å². The molecule has 0 radical (unpaired) electrons. The Labute approximate surface area is 93.5 Å². The molecule has 0 amide bonds. The van der Waals surface area contributed by atoms with Gasteiger partial charge in [0, 0.05) is 27.2 Å². The van der Waals surface area contributed by atoms with Crippen LogP contribution in [0.15, 0.2) is 0 Å². The van der Waals surface area contributed by atoms with Gasteiger partial charge in [-0.3, -0.25) is 4.90 Å². The summed E-state index contributed by atoms with van der Waals surface area (Å²) in [5, 5.41) is 13.1. The Bertz CT molecular complexity index is 317. The summed E-state index contributed by atoms with van der Waals surface area (Å²) in [7, 11) is 3.64. The first-order chi connectivity index (χ1) is 7.31. The van der Waals surface area contributed by atoms with Crippen molar-refractivity contribution < 1.29 is 4.74 Å². The van der Waals surface area contributed by atoms with E-state index in [1.165, 1.54) is 0 Å². The third-order valence-corrected chi connectivity index (χ3v) is 3.53. The van der Waals surface area contributed by atoms with E-state index in [1.807, 2.05) is 7.05 Å². The summed E-state index contributed by atoms with van der Waals surface area (Å²) in [4.78, 5) is 2.36. The van der Waals surface area contributed by atoms with Gasteiger partial charge in [0.2, 0.25) is 5.13 Å². The summed E-state index contributed by atoms with van der Waals surface area (Å²) in [5.41, 5.74) is 0. The second-order valence-corrected chi connectivity index (χ2v) is 4.69. The van der Waals surface area contributed by atoms with Crippen molar-refractivity contribution in [1.29, 1.82) is 0 Å². The Morgan fingerprint density at radius 1 is 1.60 bits per heavy atom. The molecule has 1 aromatic heterocycles. The average Bonchev–Trinajstić information content (AvgIpc) is 2.87. The molecule has 84 valence electrons. The van der Waals surface area contributed by atoms with Gasteiger partial charge < -0.3 is 10.1 Å². The summed E-state index contributed by atoms with van der Waals surface area (Å²) in [6.07, 6.45) is 1.51. The number of hydrogen-bond acceptors (Lipinski definition) is 6. The van der Waals surface area contributed by atoms with Gasteiger partial charge in [-0.05, 0) is 6.42 Å². The van der Waals surface area contributed by atoms with Crippen LogP contribution in [-0.2, 0) is 11.3 Å². The van der Waals surface area contributed by atoms with Gasteiger partial charge in [-0.25, -0.2) is 0 Å². The molecule has 1 N–H and O–H groups in total. The van der Waals surface area contributed by atoms with Gasteiger partial charge >= 0.3 is 0 Å². The van der Waals surface area contributed by atoms with Crippen LogP contribution < -0.4 is 5.32 Å². The quantitative estimate of drug-likeness (QED) is 0.826. The lowest BCUT2D eigenvalue weighted by molar-refractivity contribution is 0.107. The molecule has 1 aromatic rings. The number of ether oxygens (including phenoxy) is 1. The Morgan fingerprint density at radius 2 is 2.47 bits per heavy atom. The average molecular weight is 228 g/mol. The van der Waals surface area contributed by atoms with E-state index in [9.17, 15) is 0 Å². The highest BCUT2D eigenvalue weighted by Crippen LogP contribution is 2.19. The topological polar surface area (TPSA) is 50.3 Å². The largest absolute Gasteiger partial charge is 0.380 e. The molecule has 2 heterocycles. The van der Waals surface area contributed by atoms with Crippen molar-refractivity contribution in [3.8, 4) is 0 Å². The Morgan fingerprint density at radius 3 is 3.07 bits per heavy atom. The molecule has 0 bridgehead atoms. The maximum Gasteiger partial charge on any atom is 0.205 e. The standard InChI is InChI=1S/C9H16N4OS/c1-10-9-12-11-8(15-9)6-13-4-3-7(5-13)14-2/h7H,3-6H2,1-2H3,(H,10,12). The highest BCUT2D eigenvalue weighted by molar-refractivity contribution is 7.15. The van der Waals surface area contributed by atoms with Crippen molar-refractivity contribution in [2.24, 2.45) is 0 Å². The minimum Gasteiger partial charge on any atom is -0.380 e. The van der Waals surface area contributed by atoms with Gasteiger partial charge in [-0.1, -0.05) is 11.3 Å². The number of nitrogens with zero attached hydrogens (tertiary/aromatic N) is 3. The Kier molecular flexibility index (Phi) is 3.50. The zero-order chi connectivity index (χ0) is 10.7. The summed E-state index contributed by atoms with van der Waals surface area (Å²) >= 11 is 1.61. The molecule has 2 rings (SSSR count). The lowest BCUT2D eigenvalue weighted by atomic mass is 10.3. The molecule has 1 saturated heterocycles. The van der Waals surface area contributed by atoms with E-state index in [2.05, 4.69) is 20.4 Å². The fraction of sp³-hybridized carbons (Fsp3) is 0.778. The lowest BCUT2D eigenvalue weighted by Gasteiger charge is -2.12. The van der Waals surface area contributed by atoms with Gasteiger partial charge in [0.05, 0.1) is 12.6 Å². The van der Waals surface area contributed by atoms with Gasteiger partial charge in [0.1, 0.15) is 5.01 Å². The van der Waals surface area contributed by atoms with Crippen molar-refractivity contribution in [3.63, 3.8) is 0 Å². The fourth-order valence-corrected chi connectivity index (χ4v) is 2.48. The molecule has 1 aliphatic heterocycles. The highest BCUT2D eigenvalue weighted by Gasteiger charge is 2.22. The lowest BCUT2D eigenvalue weighted by Crippen LogP contribution is -2.22. The van der Waals surface area contributed by atoms with Crippen LogP contribution in [0.2, 0.25) is 0 Å². The van der Waals surface area contributed by atoms with Crippen LogP contribution in [-0.4, -0.2) is 48.4 Å². The molecule has 0 saturated carbocycles. The van der Waals surface area contributed by atoms with E-state index in [4.69, 9.17) is 4.74 Å². The van der Waals surface area contributed by atoms with E-state index in [0.717, 1.165) is 36.2 Å². The summed E-state index contributed by atoms with van der Waals surface area (Å²) in [5.74, 6) is 0. The Balaban J connectivity index is 1.87. The highest BCUT2D eigenvalue weighted by atomic mass is 32.1. The van der Waals surface area contributed by atoms with Crippen LogP contribution >= 0.6 is 11.3 Å². The van der Waals surface area contributed by atoms with E-state index in [-0.39, 0.29) is 0 Å². The summed E-state index contributed by atoms with van der Waals surface area (Å²) < 4.78 is 5.32. The first kappa shape index (κ1) is 10.8. The number of hydrogen-bond donors (Lipinski definition) is 1. The molecule has 1 fully saturated rings. The van der Waals surface area contributed by atoms with Gasteiger partial charge in [-0.15, -0.1) is 10.2 Å². The molecule has 1 atom stereocenters. The maximum atomic E-state index is 5.32. The monoisotopic (exact) mass is 228 g/mol. The van der Waals surface area contributed by atoms with Crippen LogP contribution in [0.25, 0.3) is 0 Å². The third kappa shape index (κ3) is 2.64. The molecular formula is C9H16N4OS. The molecule has 1 aliphatic rings. The van der Waals surface area contributed by atoms with Gasteiger partial charge in [-0.2, -0.15) is 0 Å². The number of methoxy groups -OCH3 is 1. The molecule has 1 unspecified atom stereocenters. The van der Waals surface area contributed by atoms with Crippen LogP contribution in [0.4, 0.5) is 5.13 Å². The van der Waals surface area contributed by atoms with Crippen LogP contribution in [0.5, 0.6) is 0 Å². The Hall–Kier alpha value is -0.720. The second kappa shape index (κ2) is 4.87. The van der Waals surface area contributed by atoms with E-state index in [1.54, 1.807) is 18.4 Å². The second-order valence-electron chi connectivity index (χ2n) is 3.63. The molecule has 6 heteroatoms. The van der Waals surface area contributed by atoms with Crippen molar-refractivity contribution in [2.75, 3.05) is 32.6 Å². The fourth-order valence-electron chi connectivity index (χ4n) is 1.74. The SMILES string of the molecule is CNc1nnc(CN2CCC(OC)C2)s1. The maximum absolute atomic E-state index is 5.32. The predicted molar refractivity (Wildman–Crippen MR) is 60.1 cm³/mol. The number of anilines is 1. The van der Waals surface area contributed by atoms with E-state index < -0.39 is 0 Å². The minimum absolute atomic E-state index is 0.390. The van der Waals surface area contributed by atoms with E-state index >= 15 is 0 Å². The van der Waals surface area contributed by atoms with Crippen molar-refractivity contribution in [2.45, 2.75) is 19.1 Å². The van der Waals surface area contributed by atoms with Gasteiger partial charge in [0.15, 0.2) is 0 Å². The van der Waals surface area contributed by atoms with Gasteiger partial charge in [0.25, 0.3) is 0 Å². The summed E-state index contributed by atoms with van der Waals surface area (Å²) in [6.45, 7) is 2.98. The third-order valence-electron chi connectivity index (χ3n) is 2.60. The zero-order valence-corrected chi connectivity index (χ0v) is 9.88. The van der Waals surface area contributed by atoms with Crippen molar-refractivity contribution >= 4 is 16.5 Å². The first-order valence-electron chi connectivity index (χ1n) is 5.07. The first-order valence-corrected chi connectivity index (χ1v) is 5.88. The molecule has 15 heavy (non-hydrogen) atoms. The molecule has 0 aromatic carbocycles.